The van der Waals surface area contributed by atoms with E-state index in [1.54, 1.807) is 0 Å². The van der Waals surface area contributed by atoms with Gasteiger partial charge in [0, 0.05) is 48.7 Å². The number of hydrogen-bond acceptors (Lipinski definition) is 2. The number of aromatic amines is 1. The molecule has 4 heteroatoms. The summed E-state index contributed by atoms with van der Waals surface area (Å²) in [5, 5.41) is 4.95. The standard InChI is InChI=1S/C18H25N3O/c1-13(2)18(22)21-10-7-15(8-11-21)20-12-14-4-3-5-17-16(14)6-9-19-17/h3-6,9,13,15,19-20H,7-8,10-12H2,1-2H3. The van der Waals surface area contributed by atoms with E-state index in [-0.39, 0.29) is 11.8 Å². The first-order valence-corrected chi connectivity index (χ1v) is 8.22. The first kappa shape index (κ1) is 15.1. The number of hydrogen-bond donors (Lipinski definition) is 2. The molecule has 1 aliphatic rings. The molecular formula is C18H25N3O. The Labute approximate surface area is 131 Å². The van der Waals surface area contributed by atoms with Crippen LogP contribution in [0.15, 0.2) is 30.5 Å². The van der Waals surface area contributed by atoms with E-state index in [1.165, 1.54) is 16.5 Å². The number of fused-ring (bicyclic) bond motifs is 1. The number of benzene rings is 1. The Morgan fingerprint density at radius 1 is 1.32 bits per heavy atom. The van der Waals surface area contributed by atoms with Crippen LogP contribution in [0, 0.1) is 5.92 Å². The zero-order valence-electron chi connectivity index (χ0n) is 13.4. The molecule has 1 aliphatic heterocycles. The van der Waals surface area contributed by atoms with Gasteiger partial charge >= 0.3 is 0 Å². The molecule has 1 fully saturated rings. The molecule has 2 aromatic rings. The van der Waals surface area contributed by atoms with Crippen LogP contribution in [-0.4, -0.2) is 34.9 Å². The Kier molecular flexibility index (Phi) is 4.48. The quantitative estimate of drug-likeness (QED) is 0.912. The van der Waals surface area contributed by atoms with E-state index in [0.717, 1.165) is 32.5 Å². The van der Waals surface area contributed by atoms with Gasteiger partial charge in [-0.1, -0.05) is 26.0 Å². The molecule has 1 amide bonds. The van der Waals surface area contributed by atoms with Crippen LogP contribution >= 0.6 is 0 Å². The van der Waals surface area contributed by atoms with Crippen molar-refractivity contribution >= 4 is 16.8 Å². The minimum atomic E-state index is 0.107. The predicted octanol–water partition coefficient (Wildman–Crippen LogP) is 2.90. The van der Waals surface area contributed by atoms with Crippen molar-refractivity contribution in [1.82, 2.24) is 15.2 Å². The second-order valence-corrected chi connectivity index (χ2v) is 6.49. The Hall–Kier alpha value is -1.81. The average Bonchev–Trinajstić information content (AvgIpc) is 3.01. The molecule has 0 atom stereocenters. The highest BCUT2D eigenvalue weighted by Gasteiger charge is 2.23. The minimum absolute atomic E-state index is 0.107. The van der Waals surface area contributed by atoms with Crippen LogP contribution in [-0.2, 0) is 11.3 Å². The predicted molar refractivity (Wildman–Crippen MR) is 89.6 cm³/mol. The van der Waals surface area contributed by atoms with Crippen LogP contribution in [0.5, 0.6) is 0 Å². The summed E-state index contributed by atoms with van der Waals surface area (Å²) in [6.07, 6.45) is 4.08. The fourth-order valence-electron chi connectivity index (χ4n) is 3.23. The van der Waals surface area contributed by atoms with Crippen molar-refractivity contribution in [2.75, 3.05) is 13.1 Å². The third-order valence-electron chi connectivity index (χ3n) is 4.57. The number of H-pyrrole nitrogens is 1. The molecule has 0 bridgehead atoms. The topological polar surface area (TPSA) is 48.1 Å². The molecule has 4 nitrogen and oxygen atoms in total. The SMILES string of the molecule is CC(C)C(=O)N1CCC(NCc2cccc3[nH]ccc23)CC1. The number of aromatic nitrogens is 1. The monoisotopic (exact) mass is 299 g/mol. The van der Waals surface area contributed by atoms with Gasteiger partial charge < -0.3 is 15.2 Å². The average molecular weight is 299 g/mol. The van der Waals surface area contributed by atoms with E-state index >= 15 is 0 Å². The van der Waals surface area contributed by atoms with Crippen LogP contribution in [0.3, 0.4) is 0 Å². The Morgan fingerprint density at radius 3 is 2.82 bits per heavy atom. The minimum Gasteiger partial charge on any atom is -0.361 e. The summed E-state index contributed by atoms with van der Waals surface area (Å²) in [4.78, 5) is 17.3. The molecule has 0 saturated carbocycles. The fourth-order valence-corrected chi connectivity index (χ4v) is 3.23. The Balaban J connectivity index is 1.53. The number of carbonyl (C=O) groups excluding carboxylic acids is 1. The lowest BCUT2D eigenvalue weighted by atomic mass is 10.0. The van der Waals surface area contributed by atoms with Crippen molar-refractivity contribution in [3.63, 3.8) is 0 Å². The lowest BCUT2D eigenvalue weighted by Gasteiger charge is -2.33. The molecule has 2 heterocycles. The summed E-state index contributed by atoms with van der Waals surface area (Å²) in [7, 11) is 0. The van der Waals surface area contributed by atoms with Crippen LogP contribution in [0.4, 0.5) is 0 Å². The van der Waals surface area contributed by atoms with Crippen molar-refractivity contribution in [3.8, 4) is 0 Å². The normalized spacial score (nSPS) is 16.6. The molecule has 1 aromatic heterocycles. The molecule has 1 aromatic carbocycles. The van der Waals surface area contributed by atoms with Gasteiger partial charge in [0.1, 0.15) is 0 Å². The smallest absolute Gasteiger partial charge is 0.225 e. The van der Waals surface area contributed by atoms with E-state index in [9.17, 15) is 4.79 Å². The number of likely N-dealkylation sites (tertiary alicyclic amines) is 1. The maximum absolute atomic E-state index is 12.0. The number of rotatable bonds is 4. The van der Waals surface area contributed by atoms with E-state index in [4.69, 9.17) is 0 Å². The summed E-state index contributed by atoms with van der Waals surface area (Å²) in [5.74, 6) is 0.395. The summed E-state index contributed by atoms with van der Waals surface area (Å²) in [5.41, 5.74) is 2.52. The van der Waals surface area contributed by atoms with Crippen molar-refractivity contribution in [3.05, 3.63) is 36.0 Å². The van der Waals surface area contributed by atoms with Crippen LogP contribution in [0.25, 0.3) is 10.9 Å². The van der Waals surface area contributed by atoms with Gasteiger partial charge in [-0.05, 0) is 30.5 Å². The van der Waals surface area contributed by atoms with E-state index in [1.807, 2.05) is 24.9 Å². The zero-order chi connectivity index (χ0) is 15.5. The number of nitrogens with zero attached hydrogens (tertiary/aromatic N) is 1. The Bertz CT molecular complexity index is 639. The second kappa shape index (κ2) is 6.53. The van der Waals surface area contributed by atoms with Crippen LogP contribution in [0.1, 0.15) is 32.3 Å². The molecule has 3 rings (SSSR count). The van der Waals surface area contributed by atoms with E-state index in [0.29, 0.717) is 6.04 Å². The van der Waals surface area contributed by atoms with E-state index < -0.39 is 0 Å². The summed E-state index contributed by atoms with van der Waals surface area (Å²) in [6, 6.07) is 9.02. The summed E-state index contributed by atoms with van der Waals surface area (Å²) in [6.45, 7) is 6.60. The van der Waals surface area contributed by atoms with Crippen molar-refractivity contribution in [2.24, 2.45) is 5.92 Å². The zero-order valence-corrected chi connectivity index (χ0v) is 13.4. The second-order valence-electron chi connectivity index (χ2n) is 6.49. The maximum Gasteiger partial charge on any atom is 0.225 e. The van der Waals surface area contributed by atoms with Gasteiger partial charge in [-0.3, -0.25) is 4.79 Å². The molecular weight excluding hydrogens is 274 g/mol. The largest absolute Gasteiger partial charge is 0.361 e. The molecule has 0 unspecified atom stereocenters. The highest BCUT2D eigenvalue weighted by molar-refractivity contribution is 5.82. The number of nitrogens with one attached hydrogen (secondary N) is 2. The van der Waals surface area contributed by atoms with Gasteiger partial charge in [0.2, 0.25) is 5.91 Å². The lowest BCUT2D eigenvalue weighted by molar-refractivity contribution is -0.135. The van der Waals surface area contributed by atoms with Gasteiger partial charge in [0.25, 0.3) is 0 Å². The molecule has 0 aliphatic carbocycles. The number of amides is 1. The van der Waals surface area contributed by atoms with Gasteiger partial charge in [-0.15, -0.1) is 0 Å². The number of piperidine rings is 1. The van der Waals surface area contributed by atoms with Gasteiger partial charge in [-0.2, -0.15) is 0 Å². The summed E-state index contributed by atoms with van der Waals surface area (Å²) >= 11 is 0. The first-order valence-electron chi connectivity index (χ1n) is 8.22. The Morgan fingerprint density at radius 2 is 2.09 bits per heavy atom. The van der Waals surface area contributed by atoms with Crippen molar-refractivity contribution in [1.29, 1.82) is 0 Å². The third kappa shape index (κ3) is 3.17. The molecule has 118 valence electrons. The number of carbonyl (C=O) groups is 1. The van der Waals surface area contributed by atoms with Crippen molar-refractivity contribution in [2.45, 2.75) is 39.3 Å². The molecule has 1 saturated heterocycles. The van der Waals surface area contributed by atoms with Gasteiger partial charge in [0.15, 0.2) is 0 Å². The first-order chi connectivity index (χ1) is 10.6. The molecule has 0 radical (unpaired) electrons. The molecule has 22 heavy (non-hydrogen) atoms. The van der Waals surface area contributed by atoms with Crippen LogP contribution < -0.4 is 5.32 Å². The van der Waals surface area contributed by atoms with Gasteiger partial charge in [-0.25, -0.2) is 0 Å². The van der Waals surface area contributed by atoms with Crippen molar-refractivity contribution < 1.29 is 4.79 Å². The maximum atomic E-state index is 12.0. The van der Waals surface area contributed by atoms with Crippen LogP contribution in [0.2, 0.25) is 0 Å². The molecule has 0 spiro atoms. The highest BCUT2D eigenvalue weighted by Crippen LogP contribution is 2.18. The highest BCUT2D eigenvalue weighted by atomic mass is 16.2. The van der Waals surface area contributed by atoms with E-state index in [2.05, 4.69) is 34.6 Å². The van der Waals surface area contributed by atoms with Gasteiger partial charge in [0.05, 0.1) is 0 Å². The molecule has 2 N–H and O–H groups in total. The third-order valence-corrected chi connectivity index (χ3v) is 4.57. The lowest BCUT2D eigenvalue weighted by Crippen LogP contribution is -2.45. The fraction of sp³-hybridized carbons (Fsp3) is 0.500. The summed E-state index contributed by atoms with van der Waals surface area (Å²) < 4.78 is 0.